The Morgan fingerprint density at radius 1 is 1.17 bits per heavy atom. The van der Waals surface area contributed by atoms with Crippen molar-refractivity contribution < 1.29 is 9.53 Å². The van der Waals surface area contributed by atoms with Gasteiger partial charge in [0.05, 0.1) is 13.0 Å². The predicted molar refractivity (Wildman–Crippen MR) is 73.2 cm³/mol. The van der Waals surface area contributed by atoms with E-state index in [0.29, 0.717) is 18.9 Å². The first kappa shape index (κ1) is 14.7. The number of rotatable bonds is 6. The van der Waals surface area contributed by atoms with Crippen molar-refractivity contribution in [1.29, 1.82) is 0 Å². The molecule has 2 N–H and O–H groups in total. The molecule has 1 aromatic carbocycles. The Hall–Kier alpha value is -1.35. The summed E-state index contributed by atoms with van der Waals surface area (Å²) < 4.78 is 4.73. The van der Waals surface area contributed by atoms with E-state index in [2.05, 4.69) is 38.1 Å². The van der Waals surface area contributed by atoms with Crippen molar-refractivity contribution in [3.05, 3.63) is 35.4 Å². The Bertz CT molecular complexity index is 371. The van der Waals surface area contributed by atoms with Crippen LogP contribution >= 0.6 is 0 Å². The zero-order valence-electron chi connectivity index (χ0n) is 11.5. The quantitative estimate of drug-likeness (QED) is 0.786. The first-order valence-electron chi connectivity index (χ1n) is 6.42. The van der Waals surface area contributed by atoms with E-state index in [1.807, 2.05) is 0 Å². The Kier molecular flexibility index (Phi) is 5.86. The van der Waals surface area contributed by atoms with Crippen LogP contribution in [0.15, 0.2) is 24.3 Å². The van der Waals surface area contributed by atoms with E-state index >= 15 is 0 Å². The van der Waals surface area contributed by atoms with Gasteiger partial charge in [-0.1, -0.05) is 38.1 Å². The molecule has 0 heterocycles. The van der Waals surface area contributed by atoms with Gasteiger partial charge in [0.15, 0.2) is 0 Å². The molecule has 3 nitrogen and oxygen atoms in total. The molecule has 3 heteroatoms. The third-order valence-corrected chi connectivity index (χ3v) is 2.97. The fourth-order valence-electron chi connectivity index (χ4n) is 2.00. The average molecular weight is 249 g/mol. The Morgan fingerprint density at radius 3 is 2.06 bits per heavy atom. The van der Waals surface area contributed by atoms with Crippen LogP contribution in [0.2, 0.25) is 0 Å². The number of nitrogens with two attached hydrogens (primary N) is 1. The number of ether oxygens (including phenoxy) is 1. The van der Waals surface area contributed by atoms with E-state index in [9.17, 15) is 4.79 Å². The third kappa shape index (κ3) is 4.49. The van der Waals surface area contributed by atoms with Gasteiger partial charge in [0.1, 0.15) is 0 Å². The molecule has 0 bridgehead atoms. The molecule has 0 fully saturated rings. The minimum absolute atomic E-state index is 0.233. The lowest BCUT2D eigenvalue weighted by Crippen LogP contribution is -2.26. The van der Waals surface area contributed by atoms with Crippen LogP contribution in [0.5, 0.6) is 0 Å². The van der Waals surface area contributed by atoms with Crippen molar-refractivity contribution in [3.63, 3.8) is 0 Å². The van der Waals surface area contributed by atoms with E-state index in [4.69, 9.17) is 10.5 Å². The number of benzene rings is 1. The summed E-state index contributed by atoms with van der Waals surface area (Å²) in [6.07, 6.45) is 1.72. The van der Waals surface area contributed by atoms with Gasteiger partial charge in [-0.05, 0) is 29.9 Å². The first-order valence-corrected chi connectivity index (χ1v) is 6.42. The van der Waals surface area contributed by atoms with E-state index in [0.717, 1.165) is 12.0 Å². The molecule has 0 spiro atoms. The molecule has 0 amide bonds. The van der Waals surface area contributed by atoms with Crippen molar-refractivity contribution in [2.45, 2.75) is 26.7 Å². The molecule has 0 saturated heterocycles. The van der Waals surface area contributed by atoms with Crippen LogP contribution in [0.25, 0.3) is 0 Å². The molecule has 0 radical (unpaired) electrons. The van der Waals surface area contributed by atoms with E-state index in [1.165, 1.54) is 12.7 Å². The summed E-state index contributed by atoms with van der Waals surface area (Å²) in [6, 6.07) is 8.40. The van der Waals surface area contributed by atoms with Crippen molar-refractivity contribution >= 4 is 5.97 Å². The number of hydrogen-bond donors (Lipinski definition) is 1. The number of esters is 1. The number of carbonyl (C=O) groups excluding carboxylic acids is 1. The predicted octanol–water partition coefficient (Wildman–Crippen LogP) is 2.18. The summed E-state index contributed by atoms with van der Waals surface area (Å²) in [7, 11) is 1.40. The van der Waals surface area contributed by atoms with Crippen molar-refractivity contribution in [3.8, 4) is 0 Å². The molecular formula is C15H23NO2. The monoisotopic (exact) mass is 249 g/mol. The highest BCUT2D eigenvalue weighted by Gasteiger charge is 2.17. The van der Waals surface area contributed by atoms with Gasteiger partial charge < -0.3 is 10.5 Å². The van der Waals surface area contributed by atoms with Crippen LogP contribution in [0.4, 0.5) is 0 Å². The molecule has 0 aliphatic carbocycles. The molecule has 0 aromatic heterocycles. The number of methoxy groups -OCH3 is 1. The van der Waals surface area contributed by atoms with Gasteiger partial charge in [0, 0.05) is 6.54 Å². The molecule has 1 unspecified atom stereocenters. The third-order valence-electron chi connectivity index (χ3n) is 2.97. The minimum atomic E-state index is -0.244. The highest BCUT2D eigenvalue weighted by molar-refractivity contribution is 5.72. The van der Waals surface area contributed by atoms with Gasteiger partial charge in [-0.2, -0.15) is 0 Å². The van der Waals surface area contributed by atoms with Crippen LogP contribution in [0, 0.1) is 11.8 Å². The maximum absolute atomic E-state index is 11.5. The van der Waals surface area contributed by atoms with Crippen LogP contribution in [0.3, 0.4) is 0 Å². The molecule has 100 valence electrons. The highest BCUT2D eigenvalue weighted by atomic mass is 16.5. The van der Waals surface area contributed by atoms with Gasteiger partial charge in [0.2, 0.25) is 0 Å². The molecule has 0 saturated carbocycles. The zero-order valence-corrected chi connectivity index (χ0v) is 11.5. The normalized spacial score (nSPS) is 12.5. The molecular weight excluding hydrogens is 226 g/mol. The lowest BCUT2D eigenvalue weighted by Gasteiger charge is -2.12. The summed E-state index contributed by atoms with van der Waals surface area (Å²) in [5.74, 6) is 0.178. The molecule has 18 heavy (non-hydrogen) atoms. The topological polar surface area (TPSA) is 52.3 Å². The Labute approximate surface area is 109 Å². The summed E-state index contributed by atoms with van der Waals surface area (Å²) >= 11 is 0. The second-order valence-corrected chi connectivity index (χ2v) is 5.07. The fourth-order valence-corrected chi connectivity index (χ4v) is 2.00. The SMILES string of the molecule is COC(=O)C(CN)Cc1ccc(CC(C)C)cc1. The van der Waals surface area contributed by atoms with Gasteiger partial charge in [-0.15, -0.1) is 0 Å². The van der Waals surface area contributed by atoms with E-state index in [1.54, 1.807) is 0 Å². The fraction of sp³-hybridized carbons (Fsp3) is 0.533. The Morgan fingerprint density at radius 2 is 1.67 bits per heavy atom. The van der Waals surface area contributed by atoms with Gasteiger partial charge in [0.25, 0.3) is 0 Å². The number of carbonyl (C=O) groups is 1. The Balaban J connectivity index is 2.64. The maximum Gasteiger partial charge on any atom is 0.310 e. The van der Waals surface area contributed by atoms with Gasteiger partial charge >= 0.3 is 5.97 Å². The largest absolute Gasteiger partial charge is 0.469 e. The molecule has 1 atom stereocenters. The van der Waals surface area contributed by atoms with E-state index < -0.39 is 0 Å². The lowest BCUT2D eigenvalue weighted by molar-refractivity contribution is -0.145. The van der Waals surface area contributed by atoms with Crippen LogP contribution in [0.1, 0.15) is 25.0 Å². The standard InChI is InChI=1S/C15H23NO2/c1-11(2)8-12-4-6-13(7-5-12)9-14(10-16)15(17)18-3/h4-7,11,14H,8-10,16H2,1-3H3. The summed E-state index contributed by atoms with van der Waals surface area (Å²) in [5, 5.41) is 0. The molecule has 1 rings (SSSR count). The summed E-state index contributed by atoms with van der Waals surface area (Å²) in [6.45, 7) is 4.73. The minimum Gasteiger partial charge on any atom is -0.469 e. The van der Waals surface area contributed by atoms with Crippen LogP contribution < -0.4 is 5.73 Å². The van der Waals surface area contributed by atoms with E-state index in [-0.39, 0.29) is 11.9 Å². The van der Waals surface area contributed by atoms with Crippen LogP contribution in [-0.4, -0.2) is 19.6 Å². The van der Waals surface area contributed by atoms with Crippen molar-refractivity contribution in [2.75, 3.05) is 13.7 Å². The number of hydrogen-bond acceptors (Lipinski definition) is 3. The van der Waals surface area contributed by atoms with Crippen molar-refractivity contribution in [1.82, 2.24) is 0 Å². The summed E-state index contributed by atoms with van der Waals surface area (Å²) in [4.78, 5) is 11.5. The first-order chi connectivity index (χ1) is 8.56. The summed E-state index contributed by atoms with van der Waals surface area (Å²) in [5.41, 5.74) is 8.05. The second kappa shape index (κ2) is 7.17. The second-order valence-electron chi connectivity index (χ2n) is 5.07. The molecule has 1 aromatic rings. The van der Waals surface area contributed by atoms with Gasteiger partial charge in [-0.3, -0.25) is 4.79 Å². The van der Waals surface area contributed by atoms with Crippen molar-refractivity contribution in [2.24, 2.45) is 17.6 Å². The van der Waals surface area contributed by atoms with Gasteiger partial charge in [-0.25, -0.2) is 0 Å². The molecule has 0 aliphatic rings. The van der Waals surface area contributed by atoms with Crippen LogP contribution in [-0.2, 0) is 22.4 Å². The highest BCUT2D eigenvalue weighted by Crippen LogP contribution is 2.13. The lowest BCUT2D eigenvalue weighted by atomic mass is 9.96. The zero-order chi connectivity index (χ0) is 13.5. The average Bonchev–Trinajstić information content (AvgIpc) is 2.36. The smallest absolute Gasteiger partial charge is 0.310 e. The maximum atomic E-state index is 11.5. The molecule has 0 aliphatic heterocycles.